The van der Waals surface area contributed by atoms with E-state index in [1.165, 1.54) is 24.1 Å². The molecule has 3 rings (SSSR count). The number of hydrogen-bond acceptors (Lipinski definition) is 4. The van der Waals surface area contributed by atoms with Crippen molar-refractivity contribution in [3.8, 4) is 5.75 Å². The molecule has 2 saturated heterocycles. The van der Waals surface area contributed by atoms with Gasteiger partial charge in [-0.15, -0.1) is 0 Å². The zero-order valence-corrected chi connectivity index (χ0v) is 12.9. The third-order valence-corrected chi connectivity index (χ3v) is 4.70. The van der Waals surface area contributed by atoms with Gasteiger partial charge in [0.2, 0.25) is 5.91 Å². The first-order valence-corrected chi connectivity index (χ1v) is 7.39. The molecule has 8 heteroatoms. The molecule has 2 aliphatic rings. The number of nitrogens with one attached hydrogen (secondary N) is 1. The number of phenols is 1. The molecule has 0 aliphatic carbocycles. The summed E-state index contributed by atoms with van der Waals surface area (Å²) in [6.07, 6.45) is -4.43. The zero-order chi connectivity index (χ0) is 17.6. The molecule has 1 aromatic carbocycles. The van der Waals surface area contributed by atoms with Gasteiger partial charge in [-0.1, -0.05) is 6.58 Å². The van der Waals surface area contributed by atoms with E-state index in [0.29, 0.717) is 0 Å². The lowest BCUT2D eigenvalue weighted by atomic mass is 9.71. The van der Waals surface area contributed by atoms with Crippen molar-refractivity contribution < 1.29 is 27.8 Å². The highest BCUT2D eigenvalue weighted by Gasteiger charge is 2.55. The number of amides is 1. The Labute approximate surface area is 136 Å². The van der Waals surface area contributed by atoms with Crippen molar-refractivity contribution >= 4 is 5.91 Å². The van der Waals surface area contributed by atoms with Crippen LogP contribution in [0.15, 0.2) is 30.6 Å². The van der Waals surface area contributed by atoms with Crippen LogP contribution in [0, 0.1) is 11.7 Å². The minimum Gasteiger partial charge on any atom is -0.508 e. The predicted octanol–water partition coefficient (Wildman–Crippen LogP) is 1.93. The number of hydrogen-bond donors (Lipinski definition) is 2. The van der Waals surface area contributed by atoms with Gasteiger partial charge in [-0.05, 0) is 24.6 Å². The van der Waals surface area contributed by atoms with Gasteiger partial charge in [0.15, 0.2) is 0 Å². The maximum Gasteiger partial charge on any atom is 0.264 e. The molecule has 0 spiro atoms. The second-order valence-electron chi connectivity index (χ2n) is 6.08. The number of fused-ring (bicyclic) bond motifs is 1. The van der Waals surface area contributed by atoms with Gasteiger partial charge in [-0.2, -0.15) is 0 Å². The Hall–Kier alpha value is -2.22. The number of phenolic OH excluding ortho intramolecular Hbond substituents is 1. The van der Waals surface area contributed by atoms with Gasteiger partial charge < -0.3 is 20.1 Å². The van der Waals surface area contributed by atoms with Crippen LogP contribution in [0.3, 0.4) is 0 Å². The fourth-order valence-electron chi connectivity index (χ4n) is 3.35. The first kappa shape index (κ1) is 16.6. The Kier molecular flexibility index (Phi) is 3.95. The normalized spacial score (nSPS) is 30.3. The van der Waals surface area contributed by atoms with E-state index in [1.54, 1.807) is 0 Å². The van der Waals surface area contributed by atoms with E-state index in [0.717, 1.165) is 6.07 Å². The smallest absolute Gasteiger partial charge is 0.264 e. The van der Waals surface area contributed by atoms with E-state index in [1.807, 2.05) is 0 Å². The highest BCUT2D eigenvalue weighted by molar-refractivity contribution is 5.83. The van der Waals surface area contributed by atoms with Gasteiger partial charge in [-0.3, -0.25) is 4.79 Å². The van der Waals surface area contributed by atoms with E-state index in [2.05, 4.69) is 11.9 Å². The highest BCUT2D eigenvalue weighted by atomic mass is 19.3. The summed E-state index contributed by atoms with van der Waals surface area (Å²) in [5, 5.41) is 12.7. The molecule has 1 aromatic rings. The van der Waals surface area contributed by atoms with E-state index >= 15 is 0 Å². The SMILES string of the molecule is C=C1N[C@@]2(c3cc(O)ccc3F)CO[C@@H](C(F)F)C[C@H]2C(=O)N1C. The van der Waals surface area contributed by atoms with Gasteiger partial charge in [0.1, 0.15) is 29.0 Å². The van der Waals surface area contributed by atoms with Crippen molar-refractivity contribution in [1.29, 1.82) is 0 Å². The number of benzene rings is 1. The number of aromatic hydroxyl groups is 1. The van der Waals surface area contributed by atoms with Crippen LogP contribution >= 0.6 is 0 Å². The van der Waals surface area contributed by atoms with Crippen LogP contribution in [-0.2, 0) is 15.1 Å². The topological polar surface area (TPSA) is 61.8 Å². The van der Waals surface area contributed by atoms with E-state index < -0.39 is 35.7 Å². The van der Waals surface area contributed by atoms with Crippen LogP contribution < -0.4 is 5.32 Å². The van der Waals surface area contributed by atoms with Gasteiger partial charge in [-0.25, -0.2) is 13.2 Å². The number of nitrogens with zero attached hydrogens (tertiary/aromatic N) is 1. The van der Waals surface area contributed by atoms with Gasteiger partial charge in [0.05, 0.1) is 12.5 Å². The molecule has 0 bridgehead atoms. The van der Waals surface area contributed by atoms with Crippen molar-refractivity contribution in [1.82, 2.24) is 10.2 Å². The number of halogens is 3. The molecule has 1 amide bonds. The number of carbonyl (C=O) groups is 1. The van der Waals surface area contributed by atoms with E-state index in [9.17, 15) is 23.1 Å². The minimum atomic E-state index is -2.75. The Morgan fingerprint density at radius 2 is 2.21 bits per heavy atom. The van der Waals surface area contributed by atoms with Crippen LogP contribution in [0.5, 0.6) is 5.75 Å². The lowest BCUT2D eigenvalue weighted by Crippen LogP contribution is -2.66. The summed E-state index contributed by atoms with van der Waals surface area (Å²) in [5.74, 6) is -2.09. The molecule has 0 radical (unpaired) electrons. The average molecular weight is 342 g/mol. The van der Waals surface area contributed by atoms with E-state index in [4.69, 9.17) is 4.74 Å². The number of alkyl halides is 2. The Balaban J connectivity index is 2.12. The van der Waals surface area contributed by atoms with Crippen molar-refractivity contribution in [2.45, 2.75) is 24.5 Å². The molecule has 130 valence electrons. The molecule has 2 heterocycles. The van der Waals surface area contributed by atoms with Crippen LogP contribution in [0.1, 0.15) is 12.0 Å². The standard InChI is InChI=1S/C16H17F3N2O3/c1-8-20-16(10-5-9(22)3-4-12(10)17)7-24-13(14(18)19)6-11(16)15(23)21(8)2/h3-5,11,13-14,20,22H,1,6-7H2,2H3/t11-,13+,16+/m0/s1. The first-order chi connectivity index (χ1) is 11.3. The number of ether oxygens (including phenoxy) is 1. The molecule has 0 saturated carbocycles. The number of rotatable bonds is 2. The van der Waals surface area contributed by atoms with Crippen LogP contribution in [0.25, 0.3) is 0 Å². The molecule has 2 N–H and O–H groups in total. The molecule has 2 aliphatic heterocycles. The molecule has 24 heavy (non-hydrogen) atoms. The molecule has 0 aromatic heterocycles. The summed E-state index contributed by atoms with van der Waals surface area (Å²) < 4.78 is 45.7. The van der Waals surface area contributed by atoms with Gasteiger partial charge in [0, 0.05) is 12.6 Å². The van der Waals surface area contributed by atoms with Crippen LogP contribution in [0.4, 0.5) is 13.2 Å². The quantitative estimate of drug-likeness (QED) is 0.862. The van der Waals surface area contributed by atoms with Crippen molar-refractivity contribution in [3.05, 3.63) is 42.0 Å². The second kappa shape index (κ2) is 5.70. The predicted molar refractivity (Wildman–Crippen MR) is 78.6 cm³/mol. The largest absolute Gasteiger partial charge is 0.508 e. The fourth-order valence-corrected chi connectivity index (χ4v) is 3.35. The van der Waals surface area contributed by atoms with E-state index in [-0.39, 0.29) is 30.2 Å². The lowest BCUT2D eigenvalue weighted by Gasteiger charge is -2.52. The third kappa shape index (κ3) is 2.41. The monoisotopic (exact) mass is 342 g/mol. The molecule has 5 nitrogen and oxygen atoms in total. The summed E-state index contributed by atoms with van der Waals surface area (Å²) >= 11 is 0. The lowest BCUT2D eigenvalue weighted by molar-refractivity contribution is -0.166. The number of carbonyl (C=O) groups excluding carboxylic acids is 1. The summed E-state index contributed by atoms with van der Waals surface area (Å²) in [5.41, 5.74) is -1.41. The maximum absolute atomic E-state index is 14.4. The highest BCUT2D eigenvalue weighted by Crippen LogP contribution is 2.45. The molecular weight excluding hydrogens is 325 g/mol. The summed E-state index contributed by atoms with van der Waals surface area (Å²) in [4.78, 5) is 13.9. The van der Waals surface area contributed by atoms with Gasteiger partial charge >= 0.3 is 0 Å². The molecule has 3 atom stereocenters. The maximum atomic E-state index is 14.4. The molecule has 2 fully saturated rings. The van der Waals surface area contributed by atoms with Crippen molar-refractivity contribution in [2.75, 3.05) is 13.7 Å². The average Bonchev–Trinajstić information content (AvgIpc) is 2.54. The van der Waals surface area contributed by atoms with Crippen molar-refractivity contribution in [2.24, 2.45) is 5.92 Å². The van der Waals surface area contributed by atoms with Crippen LogP contribution in [0.2, 0.25) is 0 Å². The Morgan fingerprint density at radius 3 is 2.88 bits per heavy atom. The minimum absolute atomic E-state index is 0.0113. The third-order valence-electron chi connectivity index (χ3n) is 4.70. The van der Waals surface area contributed by atoms with Gasteiger partial charge in [0.25, 0.3) is 6.43 Å². The molecule has 0 unspecified atom stereocenters. The Bertz CT molecular complexity index is 697. The first-order valence-electron chi connectivity index (χ1n) is 7.39. The fraction of sp³-hybridized carbons (Fsp3) is 0.438. The Morgan fingerprint density at radius 1 is 1.50 bits per heavy atom. The molecular formula is C16H17F3N2O3. The van der Waals surface area contributed by atoms with Crippen molar-refractivity contribution in [3.63, 3.8) is 0 Å². The van der Waals surface area contributed by atoms with Crippen LogP contribution in [-0.4, -0.2) is 42.1 Å². The zero-order valence-electron chi connectivity index (χ0n) is 12.9. The summed E-state index contributed by atoms with van der Waals surface area (Å²) in [7, 11) is 1.47. The summed E-state index contributed by atoms with van der Waals surface area (Å²) in [6, 6.07) is 3.40. The summed E-state index contributed by atoms with van der Waals surface area (Å²) in [6.45, 7) is 3.38. The second-order valence-corrected chi connectivity index (χ2v) is 6.08.